The van der Waals surface area contributed by atoms with Crippen molar-refractivity contribution < 1.29 is 4.39 Å². The third kappa shape index (κ3) is 3.55. The largest absolute Gasteiger partial charge is 0.312 e. The number of hydrogen-bond donors (Lipinski definition) is 1. The molecule has 1 aliphatic rings. The fourth-order valence-electron chi connectivity index (χ4n) is 2.91. The third-order valence-corrected chi connectivity index (χ3v) is 4.24. The first-order chi connectivity index (χ1) is 8.59. The molecule has 1 nitrogen and oxygen atoms in total. The molecule has 18 heavy (non-hydrogen) atoms. The van der Waals surface area contributed by atoms with Gasteiger partial charge >= 0.3 is 0 Å². The van der Waals surface area contributed by atoms with Crippen molar-refractivity contribution in [3.8, 4) is 0 Å². The molecule has 1 fully saturated rings. The summed E-state index contributed by atoms with van der Waals surface area (Å²) in [7, 11) is 0. The number of hydrogen-bond acceptors (Lipinski definition) is 1. The van der Waals surface area contributed by atoms with Gasteiger partial charge in [-0.1, -0.05) is 32.3 Å². The SMILES string of the molecule is Cc1ccc(F)cc1CNCC1(C)CCCCC1. The maximum absolute atomic E-state index is 13.2. The van der Waals surface area contributed by atoms with E-state index < -0.39 is 0 Å². The van der Waals surface area contributed by atoms with Gasteiger partial charge in [-0.3, -0.25) is 0 Å². The van der Waals surface area contributed by atoms with E-state index in [1.807, 2.05) is 13.0 Å². The number of halogens is 1. The molecule has 0 amide bonds. The first-order valence-corrected chi connectivity index (χ1v) is 7.05. The summed E-state index contributed by atoms with van der Waals surface area (Å²) in [5.41, 5.74) is 2.69. The Labute approximate surface area is 110 Å². The molecule has 0 spiro atoms. The molecule has 0 saturated heterocycles. The van der Waals surface area contributed by atoms with Crippen molar-refractivity contribution in [2.75, 3.05) is 6.54 Å². The second-order valence-corrected chi connectivity index (χ2v) is 6.05. The molecule has 0 atom stereocenters. The van der Waals surface area contributed by atoms with E-state index >= 15 is 0 Å². The summed E-state index contributed by atoms with van der Waals surface area (Å²) in [5, 5.41) is 3.51. The zero-order valence-electron chi connectivity index (χ0n) is 11.6. The molecule has 0 bridgehead atoms. The van der Waals surface area contributed by atoms with Crippen molar-refractivity contribution >= 4 is 0 Å². The van der Waals surface area contributed by atoms with Crippen molar-refractivity contribution in [1.29, 1.82) is 0 Å². The molecular formula is C16H24FN. The Morgan fingerprint density at radius 2 is 1.94 bits per heavy atom. The number of aryl methyl sites for hydroxylation is 1. The molecule has 0 aliphatic heterocycles. The highest BCUT2D eigenvalue weighted by Crippen LogP contribution is 2.34. The van der Waals surface area contributed by atoms with E-state index in [0.717, 1.165) is 24.2 Å². The van der Waals surface area contributed by atoms with Crippen LogP contribution >= 0.6 is 0 Å². The van der Waals surface area contributed by atoms with Crippen LogP contribution in [0.3, 0.4) is 0 Å². The normalized spacial score (nSPS) is 18.8. The van der Waals surface area contributed by atoms with Crippen molar-refractivity contribution in [2.45, 2.75) is 52.5 Å². The highest BCUT2D eigenvalue weighted by Gasteiger charge is 2.25. The van der Waals surface area contributed by atoms with Gasteiger partial charge in [-0.2, -0.15) is 0 Å². The first-order valence-electron chi connectivity index (χ1n) is 7.05. The molecule has 1 aromatic carbocycles. The van der Waals surface area contributed by atoms with Gasteiger partial charge in [-0.05, 0) is 48.4 Å². The van der Waals surface area contributed by atoms with Gasteiger partial charge in [0.15, 0.2) is 0 Å². The average Bonchev–Trinajstić information content (AvgIpc) is 2.34. The van der Waals surface area contributed by atoms with E-state index in [9.17, 15) is 4.39 Å². The average molecular weight is 249 g/mol. The Bertz CT molecular complexity index is 394. The van der Waals surface area contributed by atoms with Crippen LogP contribution in [0, 0.1) is 18.2 Å². The van der Waals surface area contributed by atoms with Gasteiger partial charge < -0.3 is 5.32 Å². The Morgan fingerprint density at radius 1 is 1.22 bits per heavy atom. The van der Waals surface area contributed by atoms with Crippen molar-refractivity contribution in [1.82, 2.24) is 5.32 Å². The van der Waals surface area contributed by atoms with Crippen LogP contribution in [0.4, 0.5) is 4.39 Å². The van der Waals surface area contributed by atoms with E-state index in [2.05, 4.69) is 12.2 Å². The molecule has 2 heteroatoms. The first kappa shape index (κ1) is 13.5. The lowest BCUT2D eigenvalue weighted by Gasteiger charge is -2.33. The fraction of sp³-hybridized carbons (Fsp3) is 0.625. The van der Waals surface area contributed by atoms with Crippen LogP contribution in [0.2, 0.25) is 0 Å². The molecule has 0 unspecified atom stereocenters. The summed E-state index contributed by atoms with van der Waals surface area (Å²) in [5.74, 6) is -0.138. The van der Waals surface area contributed by atoms with Crippen molar-refractivity contribution in [2.24, 2.45) is 5.41 Å². The van der Waals surface area contributed by atoms with Crippen LogP contribution in [-0.2, 0) is 6.54 Å². The maximum atomic E-state index is 13.2. The second-order valence-electron chi connectivity index (χ2n) is 6.05. The Hall–Kier alpha value is -0.890. The molecule has 1 N–H and O–H groups in total. The van der Waals surface area contributed by atoms with Gasteiger partial charge in [0, 0.05) is 13.1 Å². The van der Waals surface area contributed by atoms with Gasteiger partial charge in [-0.15, -0.1) is 0 Å². The summed E-state index contributed by atoms with van der Waals surface area (Å²) in [4.78, 5) is 0. The van der Waals surface area contributed by atoms with E-state index in [1.54, 1.807) is 6.07 Å². The third-order valence-electron chi connectivity index (χ3n) is 4.24. The molecule has 0 heterocycles. The number of rotatable bonds is 4. The van der Waals surface area contributed by atoms with Gasteiger partial charge in [0.05, 0.1) is 0 Å². The topological polar surface area (TPSA) is 12.0 Å². The van der Waals surface area contributed by atoms with Gasteiger partial charge in [0.2, 0.25) is 0 Å². The van der Waals surface area contributed by atoms with E-state index in [-0.39, 0.29) is 5.82 Å². The van der Waals surface area contributed by atoms with Crippen LogP contribution in [0.5, 0.6) is 0 Å². The summed E-state index contributed by atoms with van der Waals surface area (Å²) in [6, 6.07) is 5.03. The monoisotopic (exact) mass is 249 g/mol. The zero-order chi connectivity index (χ0) is 13.0. The minimum Gasteiger partial charge on any atom is -0.312 e. The fourth-order valence-corrected chi connectivity index (χ4v) is 2.91. The predicted molar refractivity (Wildman–Crippen MR) is 74.0 cm³/mol. The predicted octanol–water partition coefficient (Wildman–Crippen LogP) is 4.19. The molecular weight excluding hydrogens is 225 g/mol. The van der Waals surface area contributed by atoms with Crippen LogP contribution in [0.1, 0.15) is 50.2 Å². The Balaban J connectivity index is 1.86. The minimum absolute atomic E-state index is 0.138. The quantitative estimate of drug-likeness (QED) is 0.843. The second kappa shape index (κ2) is 5.83. The van der Waals surface area contributed by atoms with Crippen LogP contribution in [0.25, 0.3) is 0 Å². The number of benzene rings is 1. The highest BCUT2D eigenvalue weighted by molar-refractivity contribution is 5.26. The van der Waals surface area contributed by atoms with Crippen LogP contribution in [-0.4, -0.2) is 6.54 Å². The van der Waals surface area contributed by atoms with Crippen LogP contribution in [0.15, 0.2) is 18.2 Å². The van der Waals surface area contributed by atoms with Crippen molar-refractivity contribution in [3.63, 3.8) is 0 Å². The summed E-state index contributed by atoms with van der Waals surface area (Å²) >= 11 is 0. The van der Waals surface area contributed by atoms with E-state index in [4.69, 9.17) is 0 Å². The summed E-state index contributed by atoms with van der Waals surface area (Å²) < 4.78 is 13.2. The number of nitrogens with one attached hydrogen (secondary N) is 1. The molecule has 1 aromatic rings. The molecule has 100 valence electrons. The molecule has 1 aliphatic carbocycles. The minimum atomic E-state index is -0.138. The van der Waals surface area contributed by atoms with E-state index in [1.165, 1.54) is 38.2 Å². The Kier molecular flexibility index (Phi) is 4.39. The Morgan fingerprint density at radius 3 is 2.67 bits per heavy atom. The van der Waals surface area contributed by atoms with Gasteiger partial charge in [0.1, 0.15) is 5.82 Å². The molecule has 1 saturated carbocycles. The van der Waals surface area contributed by atoms with Gasteiger partial charge in [-0.25, -0.2) is 4.39 Å². The van der Waals surface area contributed by atoms with Crippen LogP contribution < -0.4 is 5.32 Å². The van der Waals surface area contributed by atoms with E-state index in [0.29, 0.717) is 5.41 Å². The summed E-state index contributed by atoms with van der Waals surface area (Å²) in [6.07, 6.45) is 6.75. The highest BCUT2D eigenvalue weighted by atomic mass is 19.1. The van der Waals surface area contributed by atoms with Gasteiger partial charge in [0.25, 0.3) is 0 Å². The molecule has 2 rings (SSSR count). The zero-order valence-corrected chi connectivity index (χ0v) is 11.6. The standard InChI is InChI=1S/C16H24FN/c1-13-6-7-15(17)10-14(13)11-18-12-16(2)8-4-3-5-9-16/h6-7,10,18H,3-5,8-9,11-12H2,1-2H3. The lowest BCUT2D eigenvalue weighted by molar-refractivity contribution is 0.207. The smallest absolute Gasteiger partial charge is 0.123 e. The maximum Gasteiger partial charge on any atom is 0.123 e. The van der Waals surface area contributed by atoms with Crippen molar-refractivity contribution in [3.05, 3.63) is 35.1 Å². The lowest BCUT2D eigenvalue weighted by Crippen LogP contribution is -2.33. The summed E-state index contributed by atoms with van der Waals surface area (Å²) in [6.45, 7) is 6.23. The lowest BCUT2D eigenvalue weighted by atomic mass is 9.76. The molecule has 0 aromatic heterocycles. The molecule has 0 radical (unpaired) electrons.